The Labute approximate surface area is 88.2 Å². The number of hydrogen-bond acceptors (Lipinski definition) is 4. The fourth-order valence-corrected chi connectivity index (χ4v) is 0.971. The molecule has 0 radical (unpaired) electrons. The zero-order valence-electron chi connectivity index (χ0n) is 8.39. The molecule has 0 unspecified atom stereocenters. The molecule has 4 heteroatoms. The van der Waals surface area contributed by atoms with Crippen LogP contribution >= 0.6 is 0 Å². The van der Waals surface area contributed by atoms with Gasteiger partial charge in [-0.15, -0.1) is 0 Å². The minimum atomic E-state index is -0.399. The molecule has 15 heavy (non-hydrogen) atoms. The molecule has 0 saturated carbocycles. The molecule has 4 nitrogen and oxygen atoms in total. The van der Waals surface area contributed by atoms with E-state index in [0.717, 1.165) is 0 Å². The van der Waals surface area contributed by atoms with Gasteiger partial charge in [0.1, 0.15) is 5.76 Å². The number of aliphatic hydroxyl groups is 1. The quantitative estimate of drug-likeness (QED) is 0.440. The highest BCUT2D eigenvalue weighted by atomic mass is 16.5. The summed E-state index contributed by atoms with van der Waals surface area (Å²) in [5.74, 6) is 0.214. The van der Waals surface area contributed by atoms with E-state index in [9.17, 15) is 4.79 Å². The van der Waals surface area contributed by atoms with E-state index in [1.54, 1.807) is 18.2 Å². The first kappa shape index (κ1) is 11.5. The fourth-order valence-electron chi connectivity index (χ4n) is 0.971. The van der Waals surface area contributed by atoms with Crippen LogP contribution in [0.2, 0.25) is 0 Å². The maximum atomic E-state index is 11.1. The number of rotatable bonds is 6. The summed E-state index contributed by atoms with van der Waals surface area (Å²) in [6.07, 6.45) is 5.73. The molecule has 1 N–H and O–H groups in total. The van der Waals surface area contributed by atoms with Gasteiger partial charge in [0.25, 0.3) is 0 Å². The third-order valence-electron chi connectivity index (χ3n) is 1.72. The van der Waals surface area contributed by atoms with Gasteiger partial charge >= 0.3 is 5.97 Å². The van der Waals surface area contributed by atoms with Crippen LogP contribution in [-0.4, -0.2) is 24.3 Å². The van der Waals surface area contributed by atoms with E-state index >= 15 is 0 Å². The smallest absolute Gasteiger partial charge is 0.330 e. The molecule has 1 rings (SSSR count). The van der Waals surface area contributed by atoms with Crippen LogP contribution in [0.25, 0.3) is 6.08 Å². The van der Waals surface area contributed by atoms with Gasteiger partial charge in [0.15, 0.2) is 0 Å². The van der Waals surface area contributed by atoms with E-state index in [4.69, 9.17) is 14.3 Å². The van der Waals surface area contributed by atoms with Crippen molar-refractivity contribution in [2.75, 3.05) is 13.2 Å². The number of hydrogen-bond donors (Lipinski definition) is 1. The SMILES string of the molecule is O=C(/C=C/c1ccco1)OCCCCO. The molecule has 0 bridgehead atoms. The lowest BCUT2D eigenvalue weighted by Gasteiger charge is -1.99. The lowest BCUT2D eigenvalue weighted by Crippen LogP contribution is -2.02. The van der Waals surface area contributed by atoms with Gasteiger partial charge in [0.2, 0.25) is 0 Å². The maximum absolute atomic E-state index is 11.1. The van der Waals surface area contributed by atoms with Crippen molar-refractivity contribution in [3.05, 3.63) is 30.2 Å². The second-order valence-corrected chi connectivity index (χ2v) is 2.95. The highest BCUT2D eigenvalue weighted by Gasteiger charge is 1.97. The van der Waals surface area contributed by atoms with Crippen LogP contribution in [-0.2, 0) is 9.53 Å². The van der Waals surface area contributed by atoms with Crippen LogP contribution in [0.4, 0.5) is 0 Å². The molecular formula is C11H14O4. The van der Waals surface area contributed by atoms with E-state index in [1.165, 1.54) is 12.3 Å². The van der Waals surface area contributed by atoms with Crippen LogP contribution in [0.5, 0.6) is 0 Å². The maximum Gasteiger partial charge on any atom is 0.330 e. The van der Waals surface area contributed by atoms with Gasteiger partial charge in [0, 0.05) is 12.7 Å². The number of furan rings is 1. The lowest BCUT2D eigenvalue weighted by atomic mass is 10.3. The predicted molar refractivity (Wildman–Crippen MR) is 55.0 cm³/mol. The third-order valence-corrected chi connectivity index (χ3v) is 1.72. The van der Waals surface area contributed by atoms with Crippen LogP contribution < -0.4 is 0 Å². The summed E-state index contributed by atoms with van der Waals surface area (Å²) in [6.45, 7) is 0.460. The summed E-state index contributed by atoms with van der Waals surface area (Å²) in [7, 11) is 0. The van der Waals surface area contributed by atoms with E-state index in [1.807, 2.05) is 0 Å². The minimum Gasteiger partial charge on any atom is -0.465 e. The number of ether oxygens (including phenoxy) is 1. The largest absolute Gasteiger partial charge is 0.465 e. The van der Waals surface area contributed by atoms with E-state index in [2.05, 4.69) is 0 Å². The molecule has 82 valence electrons. The Bertz CT molecular complexity index is 300. The van der Waals surface area contributed by atoms with Crippen molar-refractivity contribution in [2.24, 2.45) is 0 Å². The summed E-state index contributed by atoms with van der Waals surface area (Å²) in [6, 6.07) is 3.49. The van der Waals surface area contributed by atoms with Crippen LogP contribution in [0, 0.1) is 0 Å². The lowest BCUT2D eigenvalue weighted by molar-refractivity contribution is -0.137. The minimum absolute atomic E-state index is 0.125. The second-order valence-electron chi connectivity index (χ2n) is 2.95. The molecule has 0 amide bonds. The van der Waals surface area contributed by atoms with Crippen molar-refractivity contribution in [1.82, 2.24) is 0 Å². The second kappa shape index (κ2) is 6.84. The molecule has 0 atom stereocenters. The zero-order chi connectivity index (χ0) is 10.9. The molecule has 0 aliphatic carbocycles. The Morgan fingerprint density at radius 3 is 3.07 bits per heavy atom. The average molecular weight is 210 g/mol. The monoisotopic (exact) mass is 210 g/mol. The zero-order valence-corrected chi connectivity index (χ0v) is 8.39. The normalized spacial score (nSPS) is 10.7. The summed E-state index contributed by atoms with van der Waals surface area (Å²) in [4.78, 5) is 11.1. The summed E-state index contributed by atoms with van der Waals surface area (Å²) < 4.78 is 9.86. The predicted octanol–water partition coefficient (Wildman–Crippen LogP) is 1.61. The molecule has 0 aliphatic heterocycles. The van der Waals surface area contributed by atoms with Crippen molar-refractivity contribution < 1.29 is 19.1 Å². The highest BCUT2D eigenvalue weighted by Crippen LogP contribution is 2.02. The summed E-state index contributed by atoms with van der Waals surface area (Å²) >= 11 is 0. The van der Waals surface area contributed by atoms with Crippen molar-refractivity contribution in [3.8, 4) is 0 Å². The first-order valence-electron chi connectivity index (χ1n) is 4.82. The van der Waals surface area contributed by atoms with E-state index in [0.29, 0.717) is 25.2 Å². The highest BCUT2D eigenvalue weighted by molar-refractivity contribution is 5.86. The standard InChI is InChI=1S/C11H14O4/c12-7-1-2-8-15-11(13)6-5-10-4-3-9-14-10/h3-6,9,12H,1-2,7-8H2/b6-5+. The molecule has 1 heterocycles. The topological polar surface area (TPSA) is 59.7 Å². The molecule has 0 aliphatic rings. The Morgan fingerprint density at radius 2 is 2.40 bits per heavy atom. The molecular weight excluding hydrogens is 196 g/mol. The van der Waals surface area contributed by atoms with Gasteiger partial charge < -0.3 is 14.3 Å². The van der Waals surface area contributed by atoms with Crippen LogP contribution in [0.1, 0.15) is 18.6 Å². The van der Waals surface area contributed by atoms with Crippen molar-refractivity contribution >= 4 is 12.0 Å². The van der Waals surface area contributed by atoms with Gasteiger partial charge in [0.05, 0.1) is 12.9 Å². The van der Waals surface area contributed by atoms with Gasteiger partial charge in [-0.3, -0.25) is 0 Å². The van der Waals surface area contributed by atoms with Gasteiger partial charge in [-0.05, 0) is 31.1 Å². The molecule has 1 aromatic heterocycles. The third kappa shape index (κ3) is 5.02. The van der Waals surface area contributed by atoms with Crippen molar-refractivity contribution in [1.29, 1.82) is 0 Å². The van der Waals surface area contributed by atoms with Gasteiger partial charge in [-0.1, -0.05) is 0 Å². The van der Waals surface area contributed by atoms with Gasteiger partial charge in [-0.25, -0.2) is 4.79 Å². The van der Waals surface area contributed by atoms with Crippen molar-refractivity contribution in [2.45, 2.75) is 12.8 Å². The first-order chi connectivity index (χ1) is 7.33. The number of unbranched alkanes of at least 4 members (excludes halogenated alkanes) is 1. The van der Waals surface area contributed by atoms with E-state index < -0.39 is 5.97 Å². The Balaban J connectivity index is 2.18. The van der Waals surface area contributed by atoms with Crippen LogP contribution in [0.15, 0.2) is 28.9 Å². The Morgan fingerprint density at radius 1 is 1.53 bits per heavy atom. The fraction of sp³-hybridized carbons (Fsp3) is 0.364. The Hall–Kier alpha value is -1.55. The summed E-state index contributed by atoms with van der Waals surface area (Å²) in [5.41, 5.74) is 0. The molecule has 0 aromatic carbocycles. The van der Waals surface area contributed by atoms with Crippen molar-refractivity contribution in [3.63, 3.8) is 0 Å². The van der Waals surface area contributed by atoms with E-state index in [-0.39, 0.29) is 6.61 Å². The number of carbonyl (C=O) groups is 1. The molecule has 0 spiro atoms. The summed E-state index contributed by atoms with van der Waals surface area (Å²) in [5, 5.41) is 8.49. The molecule has 0 fully saturated rings. The van der Waals surface area contributed by atoms with Gasteiger partial charge in [-0.2, -0.15) is 0 Å². The molecule has 1 aromatic rings. The Kier molecular flexibility index (Phi) is 5.25. The number of esters is 1. The first-order valence-corrected chi connectivity index (χ1v) is 4.82. The van der Waals surface area contributed by atoms with Crippen LogP contribution in [0.3, 0.4) is 0 Å². The average Bonchev–Trinajstić information content (AvgIpc) is 2.74. The molecule has 0 saturated heterocycles. The number of aliphatic hydroxyl groups excluding tert-OH is 1. The number of carbonyl (C=O) groups excluding carboxylic acids is 1.